The van der Waals surface area contributed by atoms with Gasteiger partial charge in [-0.05, 0) is 65.9 Å². The third kappa shape index (κ3) is 3.93. The number of thioether (sulfide) groups is 1. The zero-order valence-electron chi connectivity index (χ0n) is 15.2. The van der Waals surface area contributed by atoms with Crippen LogP contribution in [0.25, 0.3) is 27.9 Å². The van der Waals surface area contributed by atoms with Crippen LogP contribution >= 0.6 is 34.4 Å². The van der Waals surface area contributed by atoms with E-state index >= 15 is 0 Å². The smallest absolute Gasteiger partial charge is 0.345 e. The Morgan fingerprint density at radius 2 is 1.96 bits per heavy atom. The van der Waals surface area contributed by atoms with E-state index in [1.807, 2.05) is 66.2 Å². The van der Waals surface area contributed by atoms with E-state index in [2.05, 4.69) is 29.2 Å². The van der Waals surface area contributed by atoms with Crippen LogP contribution in [0.4, 0.5) is 0 Å². The van der Waals surface area contributed by atoms with Crippen LogP contribution in [0.1, 0.15) is 6.92 Å². The van der Waals surface area contributed by atoms with Gasteiger partial charge >= 0.3 is 5.63 Å². The number of imidazole rings is 1. The van der Waals surface area contributed by atoms with Crippen LogP contribution in [0.3, 0.4) is 0 Å². The number of nitrogens with zero attached hydrogens (tertiary/aromatic N) is 2. The average Bonchev–Trinajstić information content (AvgIpc) is 3.10. The number of fused-ring (bicyclic) bond motifs is 1. The number of hydrogen-bond acceptors (Lipinski definition) is 4. The van der Waals surface area contributed by atoms with Crippen LogP contribution in [0, 0.1) is 3.57 Å². The van der Waals surface area contributed by atoms with E-state index in [1.165, 1.54) is 0 Å². The van der Waals surface area contributed by atoms with Crippen LogP contribution in [0.5, 0.6) is 0 Å². The summed E-state index contributed by atoms with van der Waals surface area (Å²) >= 11 is 3.88. The molecule has 0 saturated heterocycles. The number of halogens is 1. The zero-order valence-corrected chi connectivity index (χ0v) is 18.2. The van der Waals surface area contributed by atoms with Gasteiger partial charge in [-0.25, -0.2) is 9.78 Å². The minimum atomic E-state index is -0.387. The largest absolute Gasteiger partial charge is 0.422 e. The summed E-state index contributed by atoms with van der Waals surface area (Å²) in [6.07, 6.45) is 1.89. The molecule has 6 heteroatoms. The number of benzene rings is 2. The molecule has 0 fully saturated rings. The highest BCUT2D eigenvalue weighted by molar-refractivity contribution is 14.1. The van der Waals surface area contributed by atoms with E-state index < -0.39 is 0 Å². The van der Waals surface area contributed by atoms with Gasteiger partial charge in [-0.15, -0.1) is 0 Å². The van der Waals surface area contributed by atoms with Crippen LogP contribution in [0.2, 0.25) is 0 Å². The lowest BCUT2D eigenvalue weighted by Gasteiger charge is -2.07. The third-order valence-electron chi connectivity index (χ3n) is 4.14. The Morgan fingerprint density at radius 3 is 2.71 bits per heavy atom. The molecule has 140 valence electrons. The first-order valence-corrected chi connectivity index (χ1v) is 10.7. The van der Waals surface area contributed by atoms with E-state index in [-0.39, 0.29) is 5.63 Å². The molecule has 0 atom stereocenters. The number of aromatic nitrogens is 2. The molecule has 0 amide bonds. The Kier molecular flexibility index (Phi) is 5.41. The number of para-hydroxylation sites is 1. The zero-order chi connectivity index (χ0) is 19.7. The average molecular weight is 500 g/mol. The van der Waals surface area contributed by atoms with Gasteiger partial charge in [0.2, 0.25) is 0 Å². The molecule has 0 N–H and O–H groups in total. The summed E-state index contributed by atoms with van der Waals surface area (Å²) in [5, 5.41) is 1.68. The van der Waals surface area contributed by atoms with Crippen molar-refractivity contribution in [1.82, 2.24) is 9.55 Å². The van der Waals surface area contributed by atoms with Gasteiger partial charge < -0.3 is 4.42 Å². The quantitative estimate of drug-likeness (QED) is 0.148. The lowest BCUT2D eigenvalue weighted by Crippen LogP contribution is -2.02. The van der Waals surface area contributed by atoms with Crippen molar-refractivity contribution in [2.45, 2.75) is 12.1 Å². The van der Waals surface area contributed by atoms with Gasteiger partial charge in [-0.1, -0.05) is 42.1 Å². The minimum Gasteiger partial charge on any atom is -0.422 e. The molecule has 0 radical (unpaired) electrons. The lowest BCUT2D eigenvalue weighted by molar-refractivity contribution is 0.563. The fourth-order valence-corrected chi connectivity index (χ4v) is 4.00. The first-order chi connectivity index (χ1) is 13.5. The van der Waals surface area contributed by atoms with E-state index in [0.717, 1.165) is 31.1 Å². The van der Waals surface area contributed by atoms with E-state index in [4.69, 9.17) is 9.40 Å². The first kappa shape index (κ1) is 19.0. The van der Waals surface area contributed by atoms with Crippen LogP contribution in [-0.2, 0) is 0 Å². The van der Waals surface area contributed by atoms with Crippen molar-refractivity contribution in [2.24, 2.45) is 0 Å². The Bertz CT molecular complexity index is 1230. The summed E-state index contributed by atoms with van der Waals surface area (Å²) in [7, 11) is 0. The molecular weight excluding hydrogens is 483 g/mol. The Morgan fingerprint density at radius 1 is 1.21 bits per heavy atom. The fourth-order valence-electron chi connectivity index (χ4n) is 2.81. The molecule has 4 rings (SSSR count). The molecule has 0 unspecified atom stereocenters. The Labute approximate surface area is 180 Å². The topological polar surface area (TPSA) is 48.0 Å². The monoisotopic (exact) mass is 500 g/mol. The first-order valence-electron chi connectivity index (χ1n) is 8.67. The third-order valence-corrected chi connectivity index (χ3v) is 6.05. The second-order valence-corrected chi connectivity index (χ2v) is 8.67. The van der Waals surface area contributed by atoms with Crippen molar-refractivity contribution in [3.63, 3.8) is 0 Å². The van der Waals surface area contributed by atoms with Gasteiger partial charge in [-0.3, -0.25) is 4.57 Å². The van der Waals surface area contributed by atoms with Crippen molar-refractivity contribution in [2.75, 3.05) is 5.75 Å². The van der Waals surface area contributed by atoms with Crippen molar-refractivity contribution in [3.05, 3.63) is 86.9 Å². The molecule has 0 spiro atoms. The lowest BCUT2D eigenvalue weighted by atomic mass is 10.1. The minimum absolute atomic E-state index is 0.387. The SMILES string of the molecule is C=C(C)CSc1nc(-c2cc3ccccc3oc2=O)cn1-c1ccc(I)cc1. The molecule has 2 heterocycles. The fraction of sp³-hybridized carbons (Fsp3) is 0.0909. The van der Waals surface area contributed by atoms with Crippen molar-refractivity contribution in [1.29, 1.82) is 0 Å². The van der Waals surface area contributed by atoms with Gasteiger partial charge in [0.05, 0.1) is 11.3 Å². The molecule has 0 aliphatic rings. The number of rotatable bonds is 5. The predicted octanol–water partition coefficient (Wildman–Crippen LogP) is 5.92. The highest BCUT2D eigenvalue weighted by Gasteiger charge is 2.16. The molecule has 2 aromatic heterocycles. The molecule has 0 aliphatic carbocycles. The summed E-state index contributed by atoms with van der Waals surface area (Å²) < 4.78 is 8.66. The van der Waals surface area contributed by atoms with E-state index in [0.29, 0.717) is 16.8 Å². The summed E-state index contributed by atoms with van der Waals surface area (Å²) in [6.45, 7) is 5.96. The van der Waals surface area contributed by atoms with Crippen molar-refractivity contribution in [3.8, 4) is 16.9 Å². The van der Waals surface area contributed by atoms with E-state index in [9.17, 15) is 4.79 Å². The Balaban J connectivity index is 1.85. The van der Waals surface area contributed by atoms with Gasteiger partial charge in [0.1, 0.15) is 5.58 Å². The highest BCUT2D eigenvalue weighted by atomic mass is 127. The van der Waals surface area contributed by atoms with Gasteiger partial charge in [0.25, 0.3) is 0 Å². The van der Waals surface area contributed by atoms with Gasteiger partial charge in [0, 0.05) is 26.6 Å². The summed E-state index contributed by atoms with van der Waals surface area (Å²) in [5.74, 6) is 0.757. The van der Waals surface area contributed by atoms with Crippen molar-refractivity contribution >= 4 is 45.3 Å². The second-order valence-electron chi connectivity index (χ2n) is 6.49. The molecule has 0 bridgehead atoms. The molecule has 4 aromatic rings. The van der Waals surface area contributed by atoms with Gasteiger partial charge in [0.15, 0.2) is 5.16 Å². The maximum absolute atomic E-state index is 12.6. The summed E-state index contributed by atoms with van der Waals surface area (Å²) in [4.78, 5) is 17.3. The normalized spacial score (nSPS) is 11.1. The Hall–Kier alpha value is -2.32. The predicted molar refractivity (Wildman–Crippen MR) is 123 cm³/mol. The summed E-state index contributed by atoms with van der Waals surface area (Å²) in [6, 6.07) is 17.5. The second kappa shape index (κ2) is 7.97. The molecule has 0 saturated carbocycles. The molecule has 0 aliphatic heterocycles. The molecule has 28 heavy (non-hydrogen) atoms. The number of hydrogen-bond donors (Lipinski definition) is 0. The standard InChI is InChI=1S/C22H17IN2O2S/c1-14(2)13-28-22-24-19(12-25(22)17-9-7-16(23)8-10-17)18-11-15-5-3-4-6-20(15)27-21(18)26/h3-12H,1,13H2,2H3. The van der Waals surface area contributed by atoms with Gasteiger partial charge in [-0.2, -0.15) is 0 Å². The van der Waals surface area contributed by atoms with Crippen LogP contribution in [0.15, 0.2) is 87.3 Å². The van der Waals surface area contributed by atoms with Crippen LogP contribution < -0.4 is 5.63 Å². The molecule has 4 nitrogen and oxygen atoms in total. The summed E-state index contributed by atoms with van der Waals surface area (Å²) in [5.41, 5.74) is 3.30. The van der Waals surface area contributed by atoms with Crippen LogP contribution in [-0.4, -0.2) is 15.3 Å². The maximum atomic E-state index is 12.6. The molecular formula is C22H17IN2O2S. The van der Waals surface area contributed by atoms with E-state index in [1.54, 1.807) is 17.8 Å². The maximum Gasteiger partial charge on any atom is 0.345 e. The van der Waals surface area contributed by atoms with Crippen molar-refractivity contribution < 1.29 is 4.42 Å². The highest BCUT2D eigenvalue weighted by Crippen LogP contribution is 2.28. The molecule has 2 aromatic carbocycles.